The topological polar surface area (TPSA) is 105 Å². The van der Waals surface area contributed by atoms with E-state index in [2.05, 4.69) is 32.0 Å². The molecule has 0 amide bonds. The third-order valence-electron chi connectivity index (χ3n) is 6.82. The number of nitrogens with zero attached hydrogens (tertiary/aromatic N) is 6. The van der Waals surface area contributed by atoms with Crippen molar-refractivity contribution in [1.29, 1.82) is 0 Å². The minimum absolute atomic E-state index is 0. The van der Waals surface area contributed by atoms with Crippen LogP contribution in [0.1, 0.15) is 12.5 Å². The van der Waals surface area contributed by atoms with Crippen LogP contribution in [0.3, 0.4) is 0 Å². The Hall–Kier alpha value is -2.23. The van der Waals surface area contributed by atoms with Gasteiger partial charge in [-0.3, -0.25) is 0 Å². The van der Waals surface area contributed by atoms with Crippen LogP contribution in [0.4, 0.5) is 17.7 Å². The van der Waals surface area contributed by atoms with Crippen LogP contribution >= 0.6 is 12.4 Å². The molecule has 0 aromatic carbocycles. The first-order valence-electron chi connectivity index (χ1n) is 10.5. The summed E-state index contributed by atoms with van der Waals surface area (Å²) in [7, 11) is 0. The summed E-state index contributed by atoms with van der Waals surface area (Å²) in [5, 5.41) is 3.50. The van der Waals surface area contributed by atoms with Crippen molar-refractivity contribution in [3.63, 3.8) is 0 Å². The summed E-state index contributed by atoms with van der Waals surface area (Å²) < 4.78 is 5.63. The maximum absolute atomic E-state index is 5.71. The van der Waals surface area contributed by atoms with E-state index in [0.29, 0.717) is 19.3 Å². The number of piperidine rings is 1. The maximum Gasteiger partial charge on any atom is 0.228 e. The van der Waals surface area contributed by atoms with E-state index in [-0.39, 0.29) is 24.4 Å². The Balaban J connectivity index is 0.00000193. The van der Waals surface area contributed by atoms with Crippen LogP contribution in [-0.2, 0) is 11.2 Å². The van der Waals surface area contributed by atoms with Gasteiger partial charge in [0.15, 0.2) is 0 Å². The SMILES string of the molecule is C[C@H]1COCCN1c1nc(-c2cnc(N)nc2)c2c(n1)N([C@@H]1[C@@H]3CNC[C@@H]31)CC2.Cl. The van der Waals surface area contributed by atoms with Gasteiger partial charge in [-0.05, 0) is 25.2 Å². The van der Waals surface area contributed by atoms with Crippen LogP contribution in [0, 0.1) is 11.8 Å². The normalized spacial score (nSPS) is 29.4. The van der Waals surface area contributed by atoms with Crippen LogP contribution in [0.2, 0.25) is 0 Å². The second kappa shape index (κ2) is 7.47. The number of morpholine rings is 1. The van der Waals surface area contributed by atoms with E-state index >= 15 is 0 Å². The van der Waals surface area contributed by atoms with E-state index in [9.17, 15) is 0 Å². The molecule has 3 aliphatic heterocycles. The Bertz CT molecular complexity index is 931. The predicted molar refractivity (Wildman–Crippen MR) is 117 cm³/mol. The van der Waals surface area contributed by atoms with Gasteiger partial charge in [0, 0.05) is 55.7 Å². The molecule has 1 aliphatic carbocycles. The van der Waals surface area contributed by atoms with E-state index in [4.69, 9.17) is 20.4 Å². The molecule has 0 unspecified atom stereocenters. The number of ether oxygens (including phenoxy) is 1. The van der Waals surface area contributed by atoms with Crippen molar-refractivity contribution in [3.05, 3.63) is 18.0 Å². The molecule has 30 heavy (non-hydrogen) atoms. The minimum atomic E-state index is 0. The number of rotatable bonds is 3. The highest BCUT2D eigenvalue weighted by atomic mass is 35.5. The van der Waals surface area contributed by atoms with E-state index in [1.54, 1.807) is 12.4 Å². The molecule has 160 valence electrons. The standard InChI is InChI=1S/C20H26N8O.ClH/c1-11-10-29-5-4-27(11)20-25-16(12-6-23-19(21)24-7-12)13-2-3-28(18(13)26-20)17-14-8-22-9-15(14)17;/h6-7,11,14-15,17,22H,2-5,8-10H2,1H3,(H2,21,23,24);1H/t11-,14-,15+,17-;/m0./s1. The van der Waals surface area contributed by atoms with Gasteiger partial charge in [-0.15, -0.1) is 12.4 Å². The second-order valence-electron chi connectivity index (χ2n) is 8.54. The summed E-state index contributed by atoms with van der Waals surface area (Å²) in [6, 6.07) is 0.856. The number of fused-ring (bicyclic) bond motifs is 2. The number of hydrogen-bond acceptors (Lipinski definition) is 9. The lowest BCUT2D eigenvalue weighted by Gasteiger charge is -2.34. The number of nitrogens with two attached hydrogens (primary N) is 1. The van der Waals surface area contributed by atoms with Crippen LogP contribution < -0.4 is 20.9 Å². The molecular formula is C20H27ClN8O. The molecule has 3 N–H and O–H groups in total. The van der Waals surface area contributed by atoms with Crippen LogP contribution in [0.25, 0.3) is 11.3 Å². The lowest BCUT2D eigenvalue weighted by molar-refractivity contribution is 0.0981. The number of halogens is 1. The van der Waals surface area contributed by atoms with E-state index in [0.717, 1.165) is 67.5 Å². The first-order valence-corrected chi connectivity index (χ1v) is 10.5. The largest absolute Gasteiger partial charge is 0.377 e. The van der Waals surface area contributed by atoms with Crippen molar-refractivity contribution in [3.8, 4) is 11.3 Å². The highest BCUT2D eigenvalue weighted by Gasteiger charge is 2.57. The average molecular weight is 431 g/mol. The lowest BCUT2D eigenvalue weighted by atomic mass is 10.1. The summed E-state index contributed by atoms with van der Waals surface area (Å²) in [6.07, 6.45) is 4.50. The molecule has 0 bridgehead atoms. The van der Waals surface area contributed by atoms with Crippen molar-refractivity contribution >= 4 is 30.1 Å². The summed E-state index contributed by atoms with van der Waals surface area (Å²) in [4.78, 5) is 23.3. The molecular weight excluding hydrogens is 404 g/mol. The Morgan fingerprint density at radius 3 is 2.60 bits per heavy atom. The van der Waals surface area contributed by atoms with E-state index < -0.39 is 0 Å². The Kier molecular flexibility index (Phi) is 4.91. The Morgan fingerprint density at radius 2 is 1.87 bits per heavy atom. The third-order valence-corrected chi connectivity index (χ3v) is 6.82. The van der Waals surface area contributed by atoms with Gasteiger partial charge < -0.3 is 25.6 Å². The van der Waals surface area contributed by atoms with Crippen molar-refractivity contribution in [2.24, 2.45) is 11.8 Å². The number of hydrogen-bond donors (Lipinski definition) is 2. The first kappa shape index (κ1) is 19.7. The summed E-state index contributed by atoms with van der Waals surface area (Å²) in [6.45, 7) is 7.62. The van der Waals surface area contributed by atoms with Gasteiger partial charge in [-0.25, -0.2) is 15.0 Å². The minimum Gasteiger partial charge on any atom is -0.377 e. The second-order valence-corrected chi connectivity index (χ2v) is 8.54. The van der Waals surface area contributed by atoms with Gasteiger partial charge in [0.05, 0.1) is 24.9 Å². The fourth-order valence-electron chi connectivity index (χ4n) is 5.26. The van der Waals surface area contributed by atoms with Gasteiger partial charge in [-0.2, -0.15) is 4.98 Å². The summed E-state index contributed by atoms with van der Waals surface area (Å²) in [5.41, 5.74) is 8.77. The fraction of sp³-hybridized carbons (Fsp3) is 0.600. The van der Waals surface area contributed by atoms with Crippen LogP contribution in [0.5, 0.6) is 0 Å². The molecule has 9 nitrogen and oxygen atoms in total. The van der Waals surface area contributed by atoms with Crippen LogP contribution in [-0.4, -0.2) is 71.4 Å². The Morgan fingerprint density at radius 1 is 1.10 bits per heavy atom. The van der Waals surface area contributed by atoms with E-state index in [1.807, 2.05) is 0 Å². The quantitative estimate of drug-likeness (QED) is 0.729. The van der Waals surface area contributed by atoms with Gasteiger partial charge in [0.1, 0.15) is 5.82 Å². The zero-order valence-corrected chi connectivity index (χ0v) is 17.8. The lowest BCUT2D eigenvalue weighted by Crippen LogP contribution is -2.44. The molecule has 0 radical (unpaired) electrons. The predicted octanol–water partition coefficient (Wildman–Crippen LogP) is 0.743. The van der Waals surface area contributed by atoms with Crippen LogP contribution in [0.15, 0.2) is 12.4 Å². The molecule has 0 spiro atoms. The molecule has 2 saturated heterocycles. The number of anilines is 3. The molecule has 5 heterocycles. The maximum atomic E-state index is 5.71. The Labute approximate surface area is 181 Å². The smallest absolute Gasteiger partial charge is 0.228 e. The van der Waals surface area contributed by atoms with Crippen molar-refractivity contribution in [1.82, 2.24) is 25.3 Å². The van der Waals surface area contributed by atoms with Gasteiger partial charge >= 0.3 is 0 Å². The summed E-state index contributed by atoms with van der Waals surface area (Å²) in [5.74, 6) is 3.67. The van der Waals surface area contributed by atoms with Crippen molar-refractivity contribution < 1.29 is 4.74 Å². The van der Waals surface area contributed by atoms with Gasteiger partial charge in [0.25, 0.3) is 0 Å². The monoisotopic (exact) mass is 430 g/mol. The fourth-order valence-corrected chi connectivity index (χ4v) is 5.26. The molecule has 1 saturated carbocycles. The zero-order chi connectivity index (χ0) is 19.5. The highest BCUT2D eigenvalue weighted by molar-refractivity contribution is 5.85. The third kappa shape index (κ3) is 3.07. The highest BCUT2D eigenvalue weighted by Crippen LogP contribution is 2.50. The van der Waals surface area contributed by atoms with Crippen molar-refractivity contribution in [2.45, 2.75) is 25.4 Å². The molecule has 2 aromatic heterocycles. The number of nitrogens with one attached hydrogen (secondary N) is 1. The van der Waals surface area contributed by atoms with Crippen molar-refractivity contribution in [2.75, 3.05) is 54.9 Å². The first-order chi connectivity index (χ1) is 14.2. The average Bonchev–Trinajstić information content (AvgIpc) is 3.09. The molecule has 6 rings (SSSR count). The number of aromatic nitrogens is 4. The molecule has 4 atom stereocenters. The molecule has 10 heteroatoms. The van der Waals surface area contributed by atoms with E-state index in [1.165, 1.54) is 5.56 Å². The van der Waals surface area contributed by atoms with Gasteiger partial charge in [0.2, 0.25) is 11.9 Å². The summed E-state index contributed by atoms with van der Waals surface area (Å²) >= 11 is 0. The molecule has 4 aliphatic rings. The molecule has 2 aromatic rings. The van der Waals surface area contributed by atoms with Gasteiger partial charge in [-0.1, -0.05) is 0 Å². The zero-order valence-electron chi connectivity index (χ0n) is 17.0. The molecule has 3 fully saturated rings. The number of nitrogen functional groups attached to an aromatic ring is 1.